The molecule has 8 nitrogen and oxygen atoms in total. The lowest BCUT2D eigenvalue weighted by atomic mass is 10.1. The first kappa shape index (κ1) is 15.3. The molecule has 0 atom stereocenters. The third-order valence-corrected chi connectivity index (χ3v) is 3.70. The number of nitrogens with zero attached hydrogens (tertiary/aromatic N) is 7. The lowest BCUT2D eigenvalue weighted by Gasteiger charge is -2.19. The number of hydrogen-bond acceptors (Lipinski definition) is 6. The van der Waals surface area contributed by atoms with Crippen LogP contribution in [0.15, 0.2) is 49.2 Å². The van der Waals surface area contributed by atoms with E-state index in [-0.39, 0.29) is 5.54 Å². The van der Waals surface area contributed by atoms with Crippen LogP contribution in [0.2, 0.25) is 0 Å². The third-order valence-electron chi connectivity index (χ3n) is 3.70. The molecule has 126 valence electrons. The summed E-state index contributed by atoms with van der Waals surface area (Å²) in [5.74, 6) is 1.15. The van der Waals surface area contributed by atoms with Crippen LogP contribution >= 0.6 is 0 Å². The van der Waals surface area contributed by atoms with Gasteiger partial charge < -0.3 is 4.74 Å². The summed E-state index contributed by atoms with van der Waals surface area (Å²) in [4.78, 5) is 8.60. The molecule has 3 aromatic heterocycles. The van der Waals surface area contributed by atoms with Gasteiger partial charge in [-0.3, -0.25) is 0 Å². The predicted octanol–water partition coefficient (Wildman–Crippen LogP) is 2.95. The topological polar surface area (TPSA) is 83.5 Å². The van der Waals surface area contributed by atoms with Crippen molar-refractivity contribution in [2.45, 2.75) is 26.3 Å². The van der Waals surface area contributed by atoms with Crippen LogP contribution < -0.4 is 4.74 Å². The van der Waals surface area contributed by atoms with Crippen molar-refractivity contribution in [1.82, 2.24) is 34.7 Å². The summed E-state index contributed by atoms with van der Waals surface area (Å²) in [6, 6.07) is 7.53. The minimum Gasteiger partial charge on any atom is -0.438 e. The quantitative estimate of drug-likeness (QED) is 0.572. The van der Waals surface area contributed by atoms with Crippen molar-refractivity contribution in [3.63, 3.8) is 0 Å². The van der Waals surface area contributed by atoms with Crippen LogP contribution in [0.1, 0.15) is 20.8 Å². The van der Waals surface area contributed by atoms with Crippen molar-refractivity contribution >= 4 is 11.0 Å². The van der Waals surface area contributed by atoms with E-state index in [1.807, 2.05) is 28.9 Å². The van der Waals surface area contributed by atoms with Gasteiger partial charge in [-0.1, -0.05) is 5.21 Å². The Morgan fingerprint density at radius 2 is 1.84 bits per heavy atom. The van der Waals surface area contributed by atoms with E-state index in [1.165, 1.54) is 6.33 Å². The maximum Gasteiger partial charge on any atom is 0.233 e. The summed E-state index contributed by atoms with van der Waals surface area (Å²) in [6.07, 6.45) is 6.64. The molecule has 25 heavy (non-hydrogen) atoms. The molecule has 0 N–H and O–H groups in total. The molecular weight excluding hydrogens is 318 g/mol. The van der Waals surface area contributed by atoms with Gasteiger partial charge in [-0.15, -0.1) is 5.10 Å². The highest BCUT2D eigenvalue weighted by Crippen LogP contribution is 2.29. The molecule has 4 rings (SSSR count). The van der Waals surface area contributed by atoms with E-state index >= 15 is 0 Å². The first-order valence-corrected chi connectivity index (χ1v) is 7.86. The molecule has 0 saturated carbocycles. The van der Waals surface area contributed by atoms with Gasteiger partial charge in [0.1, 0.15) is 17.5 Å². The zero-order valence-corrected chi connectivity index (χ0v) is 14.2. The Bertz CT molecular complexity index is 998. The van der Waals surface area contributed by atoms with Gasteiger partial charge in [0, 0.05) is 0 Å². The average Bonchev–Trinajstić information content (AvgIpc) is 3.25. The van der Waals surface area contributed by atoms with Gasteiger partial charge in [0.15, 0.2) is 5.65 Å². The van der Waals surface area contributed by atoms with Crippen molar-refractivity contribution < 1.29 is 4.74 Å². The standard InChI is InChI=1S/C17H17N7O/c1-17(2,3)24-15-14(10-21-24)16(19-11-18-15)25-13-6-4-12(5-7-13)23-9-8-20-22-23/h4-11H,1-3H3. The highest BCUT2D eigenvalue weighted by atomic mass is 16.5. The van der Waals surface area contributed by atoms with Crippen LogP contribution in [0.4, 0.5) is 0 Å². The molecule has 4 aromatic rings. The number of benzene rings is 1. The van der Waals surface area contributed by atoms with Crippen LogP contribution in [0, 0.1) is 0 Å². The number of rotatable bonds is 3. The molecule has 0 aliphatic carbocycles. The molecule has 0 unspecified atom stereocenters. The molecule has 0 fully saturated rings. The maximum atomic E-state index is 5.94. The fourth-order valence-corrected chi connectivity index (χ4v) is 2.52. The smallest absolute Gasteiger partial charge is 0.233 e. The Morgan fingerprint density at radius 1 is 1.04 bits per heavy atom. The van der Waals surface area contributed by atoms with Crippen LogP contribution in [-0.4, -0.2) is 34.7 Å². The summed E-state index contributed by atoms with van der Waals surface area (Å²) >= 11 is 0. The van der Waals surface area contributed by atoms with Crippen LogP contribution in [-0.2, 0) is 5.54 Å². The largest absolute Gasteiger partial charge is 0.438 e. The average molecular weight is 335 g/mol. The Morgan fingerprint density at radius 3 is 2.52 bits per heavy atom. The van der Waals surface area contributed by atoms with Crippen LogP contribution in [0.25, 0.3) is 16.7 Å². The van der Waals surface area contributed by atoms with Crippen molar-refractivity contribution in [3.8, 4) is 17.3 Å². The minimum atomic E-state index is -0.174. The summed E-state index contributed by atoms with van der Waals surface area (Å²) < 4.78 is 9.49. The summed E-state index contributed by atoms with van der Waals surface area (Å²) in [7, 11) is 0. The van der Waals surface area contributed by atoms with Gasteiger partial charge in [0.05, 0.1) is 29.8 Å². The molecular formula is C17H17N7O. The fraction of sp³-hybridized carbons (Fsp3) is 0.235. The molecule has 0 aliphatic rings. The van der Waals surface area contributed by atoms with Gasteiger partial charge in [-0.05, 0) is 45.0 Å². The number of hydrogen-bond donors (Lipinski definition) is 0. The monoisotopic (exact) mass is 335 g/mol. The molecule has 1 aromatic carbocycles. The summed E-state index contributed by atoms with van der Waals surface area (Å²) in [5, 5.41) is 13.0. The van der Waals surface area contributed by atoms with E-state index in [0.717, 1.165) is 16.7 Å². The number of fused-ring (bicyclic) bond motifs is 1. The highest BCUT2D eigenvalue weighted by molar-refractivity contribution is 5.80. The van der Waals surface area contributed by atoms with E-state index in [0.29, 0.717) is 11.6 Å². The molecule has 0 aliphatic heterocycles. The maximum absolute atomic E-state index is 5.94. The van der Waals surface area contributed by atoms with E-state index < -0.39 is 0 Å². The zero-order valence-electron chi connectivity index (χ0n) is 14.2. The lowest BCUT2D eigenvalue weighted by molar-refractivity contribution is 0.365. The predicted molar refractivity (Wildman–Crippen MR) is 91.8 cm³/mol. The van der Waals surface area contributed by atoms with Crippen molar-refractivity contribution in [3.05, 3.63) is 49.2 Å². The molecule has 0 radical (unpaired) electrons. The number of aromatic nitrogens is 7. The van der Waals surface area contributed by atoms with Gasteiger partial charge in [-0.25, -0.2) is 19.3 Å². The SMILES string of the molecule is CC(C)(C)n1ncc2c(Oc3ccc(-n4ccnn4)cc3)ncnc21. The highest BCUT2D eigenvalue weighted by Gasteiger charge is 2.20. The molecule has 3 heterocycles. The first-order valence-electron chi connectivity index (χ1n) is 7.86. The van der Waals surface area contributed by atoms with Crippen molar-refractivity contribution in [1.29, 1.82) is 0 Å². The number of ether oxygens (including phenoxy) is 1. The van der Waals surface area contributed by atoms with Crippen molar-refractivity contribution in [2.24, 2.45) is 0 Å². The van der Waals surface area contributed by atoms with Gasteiger partial charge in [0.2, 0.25) is 5.88 Å². The molecule has 0 amide bonds. The minimum absolute atomic E-state index is 0.174. The normalized spacial score (nSPS) is 11.8. The second-order valence-corrected chi connectivity index (χ2v) is 6.59. The zero-order chi connectivity index (χ0) is 17.4. The Hall–Kier alpha value is -3.29. The second-order valence-electron chi connectivity index (χ2n) is 6.59. The molecule has 0 saturated heterocycles. The Balaban J connectivity index is 1.66. The Kier molecular flexibility index (Phi) is 3.45. The summed E-state index contributed by atoms with van der Waals surface area (Å²) in [6.45, 7) is 6.22. The molecule has 8 heteroatoms. The fourth-order valence-electron chi connectivity index (χ4n) is 2.52. The van der Waals surface area contributed by atoms with Crippen LogP contribution in [0.5, 0.6) is 11.6 Å². The summed E-state index contributed by atoms with van der Waals surface area (Å²) in [5.41, 5.74) is 1.47. The third kappa shape index (κ3) is 2.82. The second kappa shape index (κ2) is 5.66. The van der Waals surface area contributed by atoms with Crippen LogP contribution in [0.3, 0.4) is 0 Å². The van der Waals surface area contributed by atoms with E-state index in [9.17, 15) is 0 Å². The van der Waals surface area contributed by atoms with Gasteiger partial charge in [0.25, 0.3) is 0 Å². The first-order chi connectivity index (χ1) is 12.0. The van der Waals surface area contributed by atoms with Crippen molar-refractivity contribution in [2.75, 3.05) is 0 Å². The van der Waals surface area contributed by atoms with Gasteiger partial charge in [-0.2, -0.15) is 5.10 Å². The molecule has 0 bridgehead atoms. The van der Waals surface area contributed by atoms with E-state index in [4.69, 9.17) is 4.74 Å². The molecule has 0 spiro atoms. The Labute approximate surface area is 144 Å². The van der Waals surface area contributed by atoms with E-state index in [2.05, 4.69) is 46.1 Å². The lowest BCUT2D eigenvalue weighted by Crippen LogP contribution is -2.23. The van der Waals surface area contributed by atoms with E-state index in [1.54, 1.807) is 23.3 Å². The van der Waals surface area contributed by atoms with Gasteiger partial charge >= 0.3 is 0 Å².